The fraction of sp³-hybridized carbons (Fsp3) is 0.154. The van der Waals surface area contributed by atoms with E-state index in [0.717, 1.165) is 11.3 Å². The Morgan fingerprint density at radius 2 is 2.00 bits per heavy atom. The second kappa shape index (κ2) is 4.13. The highest BCUT2D eigenvalue weighted by atomic mass is 16.1. The predicted octanol–water partition coefficient (Wildman–Crippen LogP) is 2.16. The molecular weight excluding hydrogens is 186 g/mol. The molecule has 0 fully saturated rings. The molecular formula is C13H13NO. The Bertz CT molecular complexity index is 417. The van der Waals surface area contributed by atoms with E-state index in [2.05, 4.69) is 5.32 Å². The van der Waals surface area contributed by atoms with E-state index in [-0.39, 0.29) is 11.7 Å². The van der Waals surface area contributed by atoms with Crippen molar-refractivity contribution in [1.82, 2.24) is 5.32 Å². The normalized spacial score (nSPS) is 18.7. The van der Waals surface area contributed by atoms with Crippen LogP contribution < -0.4 is 5.32 Å². The molecule has 0 amide bonds. The molecule has 0 radical (unpaired) electrons. The Morgan fingerprint density at radius 3 is 2.67 bits per heavy atom. The molecule has 0 bridgehead atoms. The number of carbonyl (C=O) groups is 1. The van der Waals surface area contributed by atoms with Crippen molar-refractivity contribution in [3.8, 4) is 0 Å². The lowest BCUT2D eigenvalue weighted by molar-refractivity contribution is 0.0959. The Labute approximate surface area is 89.3 Å². The fourth-order valence-corrected chi connectivity index (χ4v) is 1.73. The SMILES string of the molecule is CNC1=CC=CC1C(=O)c1ccccc1. The Balaban J connectivity index is 2.23. The van der Waals surface area contributed by atoms with Crippen LogP contribution in [0.3, 0.4) is 0 Å². The van der Waals surface area contributed by atoms with Crippen LogP contribution in [0.5, 0.6) is 0 Å². The summed E-state index contributed by atoms with van der Waals surface area (Å²) in [7, 11) is 1.84. The summed E-state index contributed by atoms with van der Waals surface area (Å²) in [6, 6.07) is 9.38. The van der Waals surface area contributed by atoms with E-state index >= 15 is 0 Å². The summed E-state index contributed by atoms with van der Waals surface area (Å²) in [6.45, 7) is 0. The van der Waals surface area contributed by atoms with E-state index in [0.29, 0.717) is 0 Å². The zero-order chi connectivity index (χ0) is 10.7. The van der Waals surface area contributed by atoms with Crippen LogP contribution in [0, 0.1) is 5.92 Å². The number of nitrogens with one attached hydrogen (secondary N) is 1. The minimum atomic E-state index is -0.141. The molecule has 2 nitrogen and oxygen atoms in total. The van der Waals surface area contributed by atoms with Crippen LogP contribution >= 0.6 is 0 Å². The van der Waals surface area contributed by atoms with E-state index in [1.165, 1.54) is 0 Å². The number of rotatable bonds is 3. The van der Waals surface area contributed by atoms with Crippen molar-refractivity contribution >= 4 is 5.78 Å². The third-order valence-electron chi connectivity index (χ3n) is 2.54. The average Bonchev–Trinajstić information content (AvgIpc) is 2.77. The first-order valence-corrected chi connectivity index (χ1v) is 4.98. The highest BCUT2D eigenvalue weighted by Crippen LogP contribution is 2.21. The smallest absolute Gasteiger partial charge is 0.175 e. The molecule has 0 aliphatic heterocycles. The molecule has 1 aromatic rings. The lowest BCUT2D eigenvalue weighted by Gasteiger charge is -2.12. The standard InChI is InChI=1S/C13H13NO/c1-14-12-9-5-8-11(12)13(15)10-6-3-2-4-7-10/h2-9,11,14H,1H3. The molecule has 0 aromatic heterocycles. The van der Waals surface area contributed by atoms with E-state index < -0.39 is 0 Å². The number of allylic oxidation sites excluding steroid dienone is 3. The van der Waals surface area contributed by atoms with Crippen LogP contribution in [-0.2, 0) is 0 Å². The molecule has 1 aliphatic rings. The molecule has 1 aromatic carbocycles. The number of ketones is 1. The van der Waals surface area contributed by atoms with E-state index in [4.69, 9.17) is 0 Å². The summed E-state index contributed by atoms with van der Waals surface area (Å²) in [6.07, 6.45) is 5.77. The molecule has 1 N–H and O–H groups in total. The van der Waals surface area contributed by atoms with Crippen LogP contribution in [0.4, 0.5) is 0 Å². The van der Waals surface area contributed by atoms with Gasteiger partial charge in [-0.1, -0.05) is 42.5 Å². The van der Waals surface area contributed by atoms with Crippen LogP contribution in [0.1, 0.15) is 10.4 Å². The predicted molar refractivity (Wildman–Crippen MR) is 60.5 cm³/mol. The maximum Gasteiger partial charge on any atom is 0.175 e. The second-order valence-electron chi connectivity index (χ2n) is 3.46. The number of carbonyl (C=O) groups excluding carboxylic acids is 1. The van der Waals surface area contributed by atoms with Gasteiger partial charge in [-0.05, 0) is 6.08 Å². The van der Waals surface area contributed by atoms with Gasteiger partial charge in [0.2, 0.25) is 0 Å². The van der Waals surface area contributed by atoms with Gasteiger partial charge in [0.1, 0.15) is 0 Å². The molecule has 1 atom stereocenters. The van der Waals surface area contributed by atoms with Crippen molar-refractivity contribution in [2.45, 2.75) is 0 Å². The lowest BCUT2D eigenvalue weighted by Crippen LogP contribution is -2.20. The minimum absolute atomic E-state index is 0.141. The van der Waals surface area contributed by atoms with Gasteiger partial charge in [0.05, 0.1) is 5.92 Å². The van der Waals surface area contributed by atoms with Gasteiger partial charge in [-0.2, -0.15) is 0 Å². The zero-order valence-electron chi connectivity index (χ0n) is 8.60. The highest BCUT2D eigenvalue weighted by molar-refractivity contribution is 6.01. The molecule has 0 heterocycles. The molecule has 2 rings (SSSR count). The van der Waals surface area contributed by atoms with Crippen molar-refractivity contribution in [3.05, 3.63) is 59.8 Å². The summed E-state index contributed by atoms with van der Waals surface area (Å²) in [5.74, 6) is 0.00218. The van der Waals surface area contributed by atoms with Crippen molar-refractivity contribution in [1.29, 1.82) is 0 Å². The minimum Gasteiger partial charge on any atom is -0.391 e. The molecule has 76 valence electrons. The monoisotopic (exact) mass is 199 g/mol. The quantitative estimate of drug-likeness (QED) is 0.756. The summed E-state index contributed by atoms with van der Waals surface area (Å²) in [4.78, 5) is 12.1. The first kappa shape index (κ1) is 9.71. The Hall–Kier alpha value is -1.83. The summed E-state index contributed by atoms with van der Waals surface area (Å²) in [5.41, 5.74) is 1.72. The summed E-state index contributed by atoms with van der Waals surface area (Å²) in [5, 5.41) is 3.04. The Kier molecular flexibility index (Phi) is 2.68. The average molecular weight is 199 g/mol. The van der Waals surface area contributed by atoms with Gasteiger partial charge in [0.15, 0.2) is 5.78 Å². The Morgan fingerprint density at radius 1 is 1.27 bits per heavy atom. The molecule has 0 saturated carbocycles. The van der Waals surface area contributed by atoms with Gasteiger partial charge in [0, 0.05) is 18.3 Å². The maximum absolute atomic E-state index is 12.1. The van der Waals surface area contributed by atoms with Gasteiger partial charge in [-0.25, -0.2) is 0 Å². The van der Waals surface area contributed by atoms with Crippen LogP contribution in [-0.4, -0.2) is 12.8 Å². The number of hydrogen-bond donors (Lipinski definition) is 1. The van der Waals surface area contributed by atoms with E-state index in [1.807, 2.05) is 55.6 Å². The molecule has 1 aliphatic carbocycles. The molecule has 0 spiro atoms. The lowest BCUT2D eigenvalue weighted by atomic mass is 9.97. The number of hydrogen-bond acceptors (Lipinski definition) is 2. The largest absolute Gasteiger partial charge is 0.391 e. The van der Waals surface area contributed by atoms with Crippen molar-refractivity contribution in [3.63, 3.8) is 0 Å². The highest BCUT2D eigenvalue weighted by Gasteiger charge is 2.22. The number of benzene rings is 1. The summed E-state index contributed by atoms with van der Waals surface area (Å²) >= 11 is 0. The van der Waals surface area contributed by atoms with Crippen molar-refractivity contribution in [2.24, 2.45) is 5.92 Å². The third kappa shape index (κ3) is 1.84. The van der Waals surface area contributed by atoms with E-state index in [1.54, 1.807) is 0 Å². The number of Topliss-reactive ketones (excluding diaryl/α,β-unsaturated/α-hetero) is 1. The summed E-state index contributed by atoms with van der Waals surface area (Å²) < 4.78 is 0. The van der Waals surface area contributed by atoms with Crippen molar-refractivity contribution < 1.29 is 4.79 Å². The van der Waals surface area contributed by atoms with Gasteiger partial charge < -0.3 is 5.32 Å². The van der Waals surface area contributed by atoms with Gasteiger partial charge in [0.25, 0.3) is 0 Å². The molecule has 0 saturated heterocycles. The zero-order valence-corrected chi connectivity index (χ0v) is 8.60. The first-order chi connectivity index (χ1) is 7.33. The molecule has 2 heteroatoms. The fourth-order valence-electron chi connectivity index (χ4n) is 1.73. The topological polar surface area (TPSA) is 29.1 Å². The van der Waals surface area contributed by atoms with Gasteiger partial charge in [-0.15, -0.1) is 0 Å². The third-order valence-corrected chi connectivity index (χ3v) is 2.54. The molecule has 1 unspecified atom stereocenters. The van der Waals surface area contributed by atoms with Crippen LogP contribution in [0.2, 0.25) is 0 Å². The van der Waals surface area contributed by atoms with Crippen LogP contribution in [0.25, 0.3) is 0 Å². The van der Waals surface area contributed by atoms with Crippen LogP contribution in [0.15, 0.2) is 54.3 Å². The van der Waals surface area contributed by atoms with Gasteiger partial charge >= 0.3 is 0 Å². The molecule has 15 heavy (non-hydrogen) atoms. The maximum atomic E-state index is 12.1. The second-order valence-corrected chi connectivity index (χ2v) is 3.46. The van der Waals surface area contributed by atoms with E-state index in [9.17, 15) is 4.79 Å². The first-order valence-electron chi connectivity index (χ1n) is 4.98. The van der Waals surface area contributed by atoms with Gasteiger partial charge in [-0.3, -0.25) is 4.79 Å². The van der Waals surface area contributed by atoms with Crippen molar-refractivity contribution in [2.75, 3.05) is 7.05 Å².